The first-order valence-corrected chi connectivity index (χ1v) is 14.7. The first-order chi connectivity index (χ1) is 17.3. The maximum Gasteiger partial charge on any atom is 0.417 e. The van der Waals surface area contributed by atoms with E-state index in [-0.39, 0.29) is 30.9 Å². The molecule has 0 aromatic heterocycles. The number of benzene rings is 2. The van der Waals surface area contributed by atoms with Crippen LogP contribution in [0.5, 0.6) is 0 Å². The van der Waals surface area contributed by atoms with Gasteiger partial charge in [0, 0.05) is 19.3 Å². The van der Waals surface area contributed by atoms with Crippen molar-refractivity contribution in [3.8, 4) is 0 Å². The number of imide groups is 1. The fourth-order valence-electron chi connectivity index (χ4n) is 5.52. The summed E-state index contributed by atoms with van der Waals surface area (Å²) in [6.45, 7) is 11.9. The normalized spacial score (nSPS) is 22.4. The highest BCUT2D eigenvalue weighted by Crippen LogP contribution is 2.42. The van der Waals surface area contributed by atoms with Gasteiger partial charge in [-0.25, -0.2) is 9.69 Å². The molecule has 2 saturated heterocycles. The molecular weight excluding hydrogens is 486 g/mol. The van der Waals surface area contributed by atoms with Gasteiger partial charge in [-0.05, 0) is 36.2 Å². The first kappa shape index (κ1) is 27.1. The number of rotatable bonds is 5. The molecule has 2 aromatic carbocycles. The number of nitrogens with zero attached hydrogens (tertiary/aromatic N) is 1. The zero-order valence-corrected chi connectivity index (χ0v) is 23.6. The van der Waals surface area contributed by atoms with Crippen LogP contribution in [0.2, 0.25) is 5.04 Å². The third-order valence-corrected chi connectivity index (χ3v) is 12.1. The van der Waals surface area contributed by atoms with Crippen molar-refractivity contribution >= 4 is 36.7 Å². The molecule has 198 valence electrons. The van der Waals surface area contributed by atoms with Crippen LogP contribution in [0.15, 0.2) is 60.7 Å². The van der Waals surface area contributed by atoms with Gasteiger partial charge in [-0.3, -0.25) is 9.59 Å². The Kier molecular flexibility index (Phi) is 7.11. The molecule has 4 rings (SSSR count). The van der Waals surface area contributed by atoms with E-state index in [0.29, 0.717) is 0 Å². The maximum absolute atomic E-state index is 13.6. The molecule has 2 fully saturated rings. The number of carbonyl (C=O) groups excluding carboxylic acids is 3. The standard InChI is InChI=1S/C29H37NO6Si/c1-27(2,3)36-26(33)30-21(19-29(25(30)32)18-17-24(31)35-29)20-34-37(28(4,5)6,22-13-9-7-10-14-22)23-15-11-8-12-16-23/h7-16,21H,17-20H2,1-6H3/t21?,29-/m0/s1. The Morgan fingerprint density at radius 1 is 0.973 bits per heavy atom. The van der Waals surface area contributed by atoms with Crippen molar-refractivity contribution in [1.29, 1.82) is 0 Å². The van der Waals surface area contributed by atoms with Crippen molar-refractivity contribution in [2.75, 3.05) is 6.61 Å². The Hall–Kier alpha value is -2.97. The summed E-state index contributed by atoms with van der Waals surface area (Å²) in [6.07, 6.45) is -0.154. The van der Waals surface area contributed by atoms with Crippen molar-refractivity contribution in [1.82, 2.24) is 4.90 Å². The average molecular weight is 524 g/mol. The van der Waals surface area contributed by atoms with Crippen LogP contribution in [0, 0.1) is 0 Å². The molecule has 0 radical (unpaired) electrons. The lowest BCUT2D eigenvalue weighted by molar-refractivity contribution is -0.158. The SMILES string of the molecule is CC(C)(C)OC(=O)N1C(=O)[C@]2(CCC(=O)O2)CC1CO[Si](c1ccccc1)(c1ccccc1)C(C)(C)C. The Morgan fingerprint density at radius 3 is 1.95 bits per heavy atom. The minimum Gasteiger partial charge on any atom is -0.449 e. The zero-order valence-electron chi connectivity index (χ0n) is 22.6. The second-order valence-corrected chi connectivity index (χ2v) is 16.3. The molecule has 0 bridgehead atoms. The van der Waals surface area contributed by atoms with Crippen molar-refractivity contribution in [3.63, 3.8) is 0 Å². The van der Waals surface area contributed by atoms with Crippen molar-refractivity contribution in [3.05, 3.63) is 60.7 Å². The molecule has 0 saturated carbocycles. The van der Waals surface area contributed by atoms with Crippen molar-refractivity contribution in [2.24, 2.45) is 0 Å². The summed E-state index contributed by atoms with van der Waals surface area (Å²) in [5, 5.41) is 1.93. The van der Waals surface area contributed by atoms with E-state index in [1.165, 1.54) is 0 Å². The van der Waals surface area contributed by atoms with Gasteiger partial charge >= 0.3 is 12.1 Å². The number of carbonyl (C=O) groups is 3. The van der Waals surface area contributed by atoms with Gasteiger partial charge in [0.05, 0.1) is 12.6 Å². The lowest BCUT2D eigenvalue weighted by atomic mass is 9.96. The van der Waals surface area contributed by atoms with Gasteiger partial charge in [-0.1, -0.05) is 81.4 Å². The summed E-state index contributed by atoms with van der Waals surface area (Å²) in [7, 11) is -2.91. The number of ether oxygens (including phenoxy) is 2. The van der Waals surface area contributed by atoms with Crippen molar-refractivity contribution < 1.29 is 28.3 Å². The fraction of sp³-hybridized carbons (Fsp3) is 0.483. The molecule has 2 aromatic rings. The second-order valence-electron chi connectivity index (χ2n) is 12.0. The molecule has 1 spiro atoms. The van der Waals surface area contributed by atoms with Gasteiger partial charge in [-0.15, -0.1) is 0 Å². The van der Waals surface area contributed by atoms with Gasteiger partial charge in [-0.2, -0.15) is 0 Å². The van der Waals surface area contributed by atoms with Gasteiger partial charge in [0.2, 0.25) is 0 Å². The highest BCUT2D eigenvalue weighted by atomic mass is 28.4. The van der Waals surface area contributed by atoms with E-state index in [4.69, 9.17) is 13.9 Å². The predicted molar refractivity (Wildman–Crippen MR) is 143 cm³/mol. The molecule has 2 aliphatic rings. The van der Waals surface area contributed by atoms with Gasteiger partial charge in [0.25, 0.3) is 14.2 Å². The van der Waals surface area contributed by atoms with Crippen LogP contribution in [0.25, 0.3) is 0 Å². The number of hydrogen-bond donors (Lipinski definition) is 0. The quantitative estimate of drug-likeness (QED) is 0.432. The average Bonchev–Trinajstić information content (AvgIpc) is 3.32. The molecule has 2 aliphatic heterocycles. The van der Waals surface area contributed by atoms with E-state index in [1.807, 2.05) is 36.4 Å². The fourth-order valence-corrected chi connectivity index (χ4v) is 10.1. The van der Waals surface area contributed by atoms with Crippen LogP contribution in [0.3, 0.4) is 0 Å². The van der Waals surface area contributed by atoms with Crippen LogP contribution in [-0.2, 0) is 23.5 Å². The Balaban J connectivity index is 1.75. The number of likely N-dealkylation sites (tertiary alicyclic amines) is 1. The van der Waals surface area contributed by atoms with Crippen LogP contribution in [0.1, 0.15) is 60.8 Å². The lowest BCUT2D eigenvalue weighted by Gasteiger charge is -2.43. The van der Waals surface area contributed by atoms with Gasteiger partial charge in [0.15, 0.2) is 5.60 Å². The maximum atomic E-state index is 13.6. The largest absolute Gasteiger partial charge is 0.449 e. The summed E-state index contributed by atoms with van der Waals surface area (Å²) in [6, 6.07) is 19.7. The van der Waals surface area contributed by atoms with E-state index in [0.717, 1.165) is 15.3 Å². The van der Waals surface area contributed by atoms with Crippen LogP contribution < -0.4 is 10.4 Å². The van der Waals surface area contributed by atoms with E-state index in [1.54, 1.807) is 20.8 Å². The Morgan fingerprint density at radius 2 is 1.51 bits per heavy atom. The number of amides is 2. The summed E-state index contributed by atoms with van der Waals surface area (Å²) >= 11 is 0. The third-order valence-electron chi connectivity index (χ3n) is 7.08. The molecule has 0 N–H and O–H groups in total. The highest BCUT2D eigenvalue weighted by Gasteiger charge is 2.61. The Labute approximate surface area is 220 Å². The van der Waals surface area contributed by atoms with E-state index >= 15 is 0 Å². The van der Waals surface area contributed by atoms with E-state index < -0.39 is 43.5 Å². The van der Waals surface area contributed by atoms with Crippen LogP contribution >= 0.6 is 0 Å². The predicted octanol–water partition coefficient (Wildman–Crippen LogP) is 4.17. The lowest BCUT2D eigenvalue weighted by Crippen LogP contribution is -2.67. The molecule has 2 heterocycles. The topological polar surface area (TPSA) is 82.1 Å². The van der Waals surface area contributed by atoms with E-state index in [2.05, 4.69) is 45.0 Å². The monoisotopic (exact) mass is 523 g/mol. The minimum atomic E-state index is -2.91. The smallest absolute Gasteiger partial charge is 0.417 e. The van der Waals surface area contributed by atoms with E-state index in [9.17, 15) is 14.4 Å². The van der Waals surface area contributed by atoms with Gasteiger partial charge < -0.3 is 13.9 Å². The number of hydrogen-bond acceptors (Lipinski definition) is 6. The van der Waals surface area contributed by atoms with Crippen LogP contribution in [-0.4, -0.2) is 55.0 Å². The minimum absolute atomic E-state index is 0.109. The molecule has 2 atom stereocenters. The van der Waals surface area contributed by atoms with Gasteiger partial charge in [0.1, 0.15) is 5.60 Å². The molecule has 2 amide bonds. The summed E-state index contributed by atoms with van der Waals surface area (Å²) < 4.78 is 18.2. The zero-order chi connectivity index (χ0) is 27.1. The highest BCUT2D eigenvalue weighted by molar-refractivity contribution is 6.99. The molecular formula is C29H37NO6Si. The second kappa shape index (κ2) is 9.72. The summed E-state index contributed by atoms with van der Waals surface area (Å²) in [5.41, 5.74) is -2.13. The molecule has 1 unspecified atom stereocenters. The molecule has 37 heavy (non-hydrogen) atoms. The molecule has 8 heteroatoms. The number of esters is 1. The molecule has 0 aliphatic carbocycles. The first-order valence-electron chi connectivity index (χ1n) is 12.8. The summed E-state index contributed by atoms with van der Waals surface area (Å²) in [4.78, 5) is 40.0. The third kappa shape index (κ3) is 5.09. The summed E-state index contributed by atoms with van der Waals surface area (Å²) in [5.74, 6) is -0.949. The Bertz CT molecular complexity index is 1110. The molecule has 7 nitrogen and oxygen atoms in total. The van der Waals surface area contributed by atoms with Crippen molar-refractivity contribution in [2.45, 2.75) is 83.1 Å². The van der Waals surface area contributed by atoms with Crippen LogP contribution in [0.4, 0.5) is 4.79 Å².